The molecule has 0 radical (unpaired) electrons. The van der Waals surface area contributed by atoms with Crippen molar-refractivity contribution in [3.05, 3.63) is 35.2 Å². The summed E-state index contributed by atoms with van der Waals surface area (Å²) in [6.45, 7) is 5.67. The third kappa shape index (κ3) is 4.12. The Morgan fingerprint density at radius 1 is 1.00 bits per heavy atom. The van der Waals surface area contributed by atoms with Crippen molar-refractivity contribution in [2.75, 3.05) is 32.7 Å². The number of hydrogen-bond acceptors (Lipinski definition) is 4. The summed E-state index contributed by atoms with van der Waals surface area (Å²) in [7, 11) is 0. The van der Waals surface area contributed by atoms with Gasteiger partial charge < -0.3 is 9.80 Å². The van der Waals surface area contributed by atoms with E-state index in [2.05, 4.69) is 40.1 Å². The molecule has 1 aromatic heterocycles. The van der Waals surface area contributed by atoms with Crippen molar-refractivity contribution in [1.82, 2.24) is 14.7 Å². The number of carbonyl (C=O) groups is 2. The first-order valence-corrected chi connectivity index (χ1v) is 12.3. The highest BCUT2D eigenvalue weighted by Gasteiger charge is 2.39. The van der Waals surface area contributed by atoms with Gasteiger partial charge in [-0.3, -0.25) is 14.5 Å². The zero-order chi connectivity index (χ0) is 20.5. The van der Waals surface area contributed by atoms with Gasteiger partial charge in [-0.2, -0.15) is 0 Å². The second kappa shape index (κ2) is 8.67. The SMILES string of the molecule is O=C1CCCN1CCCN1C(=O)CC[C@@H]2CN(Cc3cc4ccccc4s3)CC[C@@H]21. The molecule has 4 heterocycles. The van der Waals surface area contributed by atoms with Crippen molar-refractivity contribution in [3.63, 3.8) is 0 Å². The third-order valence-electron chi connectivity index (χ3n) is 7.08. The van der Waals surface area contributed by atoms with Gasteiger partial charge in [0.05, 0.1) is 0 Å². The zero-order valence-corrected chi connectivity index (χ0v) is 18.4. The molecule has 3 aliphatic heterocycles. The van der Waals surface area contributed by atoms with Crippen LogP contribution in [0, 0.1) is 5.92 Å². The number of likely N-dealkylation sites (tertiary alicyclic amines) is 3. The highest BCUT2D eigenvalue weighted by atomic mass is 32.1. The average molecular weight is 426 g/mol. The third-order valence-corrected chi connectivity index (χ3v) is 8.18. The lowest BCUT2D eigenvalue weighted by Crippen LogP contribution is -2.56. The summed E-state index contributed by atoms with van der Waals surface area (Å²) in [5.41, 5.74) is 0. The van der Waals surface area contributed by atoms with Gasteiger partial charge in [0, 0.05) is 67.7 Å². The molecule has 3 aliphatic rings. The molecular formula is C24H31N3O2S. The molecule has 3 saturated heterocycles. The molecule has 0 aliphatic carbocycles. The number of piperidine rings is 2. The van der Waals surface area contributed by atoms with Crippen LogP contribution < -0.4 is 0 Å². The fraction of sp³-hybridized carbons (Fsp3) is 0.583. The summed E-state index contributed by atoms with van der Waals surface area (Å²) in [6.07, 6.45) is 5.37. The first kappa shape index (κ1) is 20.0. The van der Waals surface area contributed by atoms with E-state index >= 15 is 0 Å². The quantitative estimate of drug-likeness (QED) is 0.708. The van der Waals surface area contributed by atoms with E-state index in [-0.39, 0.29) is 5.91 Å². The van der Waals surface area contributed by atoms with Gasteiger partial charge in [-0.15, -0.1) is 11.3 Å². The molecule has 30 heavy (non-hydrogen) atoms. The predicted octanol–water partition coefficient (Wildman–Crippen LogP) is 3.73. The van der Waals surface area contributed by atoms with Crippen LogP contribution >= 0.6 is 11.3 Å². The monoisotopic (exact) mass is 425 g/mol. The second-order valence-electron chi connectivity index (χ2n) is 9.07. The molecule has 160 valence electrons. The molecule has 0 bridgehead atoms. The fourth-order valence-electron chi connectivity index (χ4n) is 5.57. The maximum Gasteiger partial charge on any atom is 0.222 e. The van der Waals surface area contributed by atoms with E-state index in [1.54, 1.807) is 0 Å². The van der Waals surface area contributed by atoms with E-state index in [0.717, 1.165) is 65.0 Å². The van der Waals surface area contributed by atoms with Crippen LogP contribution in [0.15, 0.2) is 30.3 Å². The number of rotatable bonds is 6. The first-order valence-electron chi connectivity index (χ1n) is 11.4. The Morgan fingerprint density at radius 2 is 1.90 bits per heavy atom. The van der Waals surface area contributed by atoms with Gasteiger partial charge in [0.2, 0.25) is 11.8 Å². The smallest absolute Gasteiger partial charge is 0.222 e. The lowest BCUT2D eigenvalue weighted by atomic mass is 9.83. The maximum absolute atomic E-state index is 12.6. The van der Waals surface area contributed by atoms with Gasteiger partial charge >= 0.3 is 0 Å². The Hall–Kier alpha value is -1.92. The minimum atomic E-state index is 0.285. The maximum atomic E-state index is 12.6. The van der Waals surface area contributed by atoms with Crippen LogP contribution in [0.1, 0.15) is 43.4 Å². The van der Waals surface area contributed by atoms with E-state index in [4.69, 9.17) is 0 Å². The van der Waals surface area contributed by atoms with Gasteiger partial charge in [0.15, 0.2) is 0 Å². The lowest BCUT2D eigenvalue weighted by Gasteiger charge is -2.47. The van der Waals surface area contributed by atoms with Crippen molar-refractivity contribution < 1.29 is 9.59 Å². The van der Waals surface area contributed by atoms with Crippen LogP contribution in [0.4, 0.5) is 0 Å². The van der Waals surface area contributed by atoms with E-state index in [9.17, 15) is 9.59 Å². The van der Waals surface area contributed by atoms with Gasteiger partial charge in [-0.05, 0) is 49.1 Å². The molecule has 2 amide bonds. The van der Waals surface area contributed by atoms with Crippen LogP contribution in [-0.4, -0.2) is 65.3 Å². The number of nitrogens with zero attached hydrogens (tertiary/aromatic N) is 3. The van der Waals surface area contributed by atoms with Crippen LogP contribution in [-0.2, 0) is 16.1 Å². The summed E-state index contributed by atoms with van der Waals surface area (Å²) >= 11 is 1.91. The van der Waals surface area contributed by atoms with Crippen molar-refractivity contribution in [2.45, 2.75) is 51.1 Å². The van der Waals surface area contributed by atoms with Crippen molar-refractivity contribution in [1.29, 1.82) is 0 Å². The van der Waals surface area contributed by atoms with Crippen LogP contribution in [0.2, 0.25) is 0 Å². The van der Waals surface area contributed by atoms with Crippen LogP contribution in [0.5, 0.6) is 0 Å². The normalized spacial score (nSPS) is 25.3. The Balaban J connectivity index is 1.17. The van der Waals surface area contributed by atoms with Gasteiger partial charge in [-0.1, -0.05) is 18.2 Å². The molecule has 2 atom stereocenters. The number of thiophene rings is 1. The molecular weight excluding hydrogens is 394 g/mol. The van der Waals surface area contributed by atoms with E-state index < -0.39 is 0 Å². The summed E-state index contributed by atoms with van der Waals surface area (Å²) in [6, 6.07) is 11.3. The Morgan fingerprint density at radius 3 is 2.73 bits per heavy atom. The van der Waals surface area contributed by atoms with Crippen molar-refractivity contribution in [2.24, 2.45) is 5.92 Å². The summed E-state index contributed by atoms with van der Waals surface area (Å²) < 4.78 is 1.37. The molecule has 0 spiro atoms. The molecule has 5 nitrogen and oxygen atoms in total. The standard InChI is InChI=1S/C24H31N3O2S/c28-23-7-3-11-26(23)12-4-13-27-21-10-14-25(16-19(21)8-9-24(27)29)17-20-15-18-5-1-2-6-22(18)30-20/h1-2,5-6,15,19,21H,3-4,7-14,16-17H2/t19-,21+/m1/s1. The minimum Gasteiger partial charge on any atom is -0.343 e. The average Bonchev–Trinajstić information content (AvgIpc) is 3.35. The fourth-order valence-corrected chi connectivity index (χ4v) is 6.68. The van der Waals surface area contributed by atoms with Gasteiger partial charge in [-0.25, -0.2) is 0 Å². The molecule has 3 fully saturated rings. The molecule has 0 saturated carbocycles. The zero-order valence-electron chi connectivity index (χ0n) is 17.6. The molecule has 0 N–H and O–H groups in total. The number of hydrogen-bond donors (Lipinski definition) is 0. The second-order valence-corrected chi connectivity index (χ2v) is 10.2. The highest BCUT2D eigenvalue weighted by molar-refractivity contribution is 7.19. The highest BCUT2D eigenvalue weighted by Crippen LogP contribution is 2.33. The molecule has 2 aromatic rings. The van der Waals surface area contributed by atoms with Gasteiger partial charge in [0.25, 0.3) is 0 Å². The number of amides is 2. The number of fused-ring (bicyclic) bond motifs is 2. The van der Waals surface area contributed by atoms with Gasteiger partial charge in [0.1, 0.15) is 0 Å². The molecule has 1 aromatic carbocycles. The summed E-state index contributed by atoms with van der Waals surface area (Å²) in [5, 5.41) is 1.35. The van der Waals surface area contributed by atoms with Crippen LogP contribution in [0.3, 0.4) is 0 Å². The number of carbonyl (C=O) groups excluding carboxylic acids is 2. The van der Waals surface area contributed by atoms with E-state index in [0.29, 0.717) is 30.7 Å². The minimum absolute atomic E-state index is 0.285. The van der Waals surface area contributed by atoms with E-state index in [1.807, 2.05) is 16.2 Å². The van der Waals surface area contributed by atoms with E-state index in [1.165, 1.54) is 15.0 Å². The van der Waals surface area contributed by atoms with Crippen LogP contribution in [0.25, 0.3) is 10.1 Å². The number of benzene rings is 1. The predicted molar refractivity (Wildman–Crippen MR) is 120 cm³/mol. The summed E-state index contributed by atoms with van der Waals surface area (Å²) in [5.74, 6) is 1.19. The summed E-state index contributed by atoms with van der Waals surface area (Å²) in [4.78, 5) is 32.6. The molecule has 6 heteroatoms. The Labute approximate surface area is 182 Å². The lowest BCUT2D eigenvalue weighted by molar-refractivity contribution is -0.141. The molecule has 5 rings (SSSR count). The molecule has 0 unspecified atom stereocenters. The van der Waals surface area contributed by atoms with Crippen molar-refractivity contribution >= 4 is 33.2 Å². The largest absolute Gasteiger partial charge is 0.343 e. The first-order chi connectivity index (χ1) is 14.7. The Kier molecular flexibility index (Phi) is 5.79. The van der Waals surface area contributed by atoms with Crippen molar-refractivity contribution in [3.8, 4) is 0 Å². The topological polar surface area (TPSA) is 43.9 Å². The Bertz CT molecular complexity index is 893.